The highest BCUT2D eigenvalue weighted by Crippen LogP contribution is 2.30. The Bertz CT molecular complexity index is 852. The van der Waals surface area contributed by atoms with Crippen LogP contribution in [0.2, 0.25) is 0 Å². The van der Waals surface area contributed by atoms with E-state index in [-0.39, 0.29) is 12.1 Å². The number of amides is 1. The molecule has 4 rings (SSSR count). The first-order valence-electron chi connectivity index (χ1n) is 9.18. The second-order valence-electron chi connectivity index (χ2n) is 6.92. The van der Waals surface area contributed by atoms with Gasteiger partial charge in [-0.15, -0.1) is 0 Å². The van der Waals surface area contributed by atoms with Crippen LogP contribution >= 0.6 is 0 Å². The van der Waals surface area contributed by atoms with E-state index in [1.54, 1.807) is 14.2 Å². The van der Waals surface area contributed by atoms with Crippen LogP contribution in [0.25, 0.3) is 0 Å². The monoisotopic (exact) mass is 368 g/mol. The number of nitrogens with one attached hydrogen (secondary N) is 1. The maximum atomic E-state index is 12.3. The van der Waals surface area contributed by atoms with E-state index in [9.17, 15) is 4.79 Å². The van der Waals surface area contributed by atoms with Crippen LogP contribution in [0.1, 0.15) is 16.7 Å². The second kappa shape index (κ2) is 7.39. The Balaban J connectivity index is 1.50. The highest BCUT2D eigenvalue weighted by molar-refractivity contribution is 5.70. The summed E-state index contributed by atoms with van der Waals surface area (Å²) < 4.78 is 16.0. The molecular weight excluding hydrogens is 344 g/mol. The van der Waals surface area contributed by atoms with Gasteiger partial charge >= 0.3 is 6.09 Å². The number of cyclic esters (lactones) is 1. The zero-order chi connectivity index (χ0) is 18.8. The first-order chi connectivity index (χ1) is 13.2. The van der Waals surface area contributed by atoms with Crippen molar-refractivity contribution >= 4 is 11.8 Å². The van der Waals surface area contributed by atoms with Gasteiger partial charge in [0.1, 0.15) is 6.61 Å². The van der Waals surface area contributed by atoms with E-state index in [1.807, 2.05) is 23.1 Å². The molecule has 0 spiro atoms. The lowest BCUT2D eigenvalue weighted by Crippen LogP contribution is -2.34. The fraction of sp³-hybridized carbons (Fsp3) is 0.381. The van der Waals surface area contributed by atoms with Gasteiger partial charge in [0.25, 0.3) is 0 Å². The molecule has 1 atom stereocenters. The number of ether oxygens (including phenoxy) is 3. The van der Waals surface area contributed by atoms with Crippen LogP contribution < -0.4 is 14.8 Å². The molecule has 2 aromatic rings. The molecule has 2 aliphatic heterocycles. The SMILES string of the molecule is COc1ccc(CC2COC(=O)N2Cc2ccc3c(c2)NCC3)cc1OC. The molecule has 0 aromatic heterocycles. The quantitative estimate of drug-likeness (QED) is 0.848. The first-order valence-corrected chi connectivity index (χ1v) is 9.18. The summed E-state index contributed by atoms with van der Waals surface area (Å²) in [4.78, 5) is 14.1. The molecule has 142 valence electrons. The van der Waals surface area contributed by atoms with E-state index < -0.39 is 0 Å². The number of rotatable bonds is 6. The highest BCUT2D eigenvalue weighted by atomic mass is 16.6. The summed E-state index contributed by atoms with van der Waals surface area (Å²) in [6, 6.07) is 12.2. The molecule has 1 unspecified atom stereocenters. The van der Waals surface area contributed by atoms with E-state index >= 15 is 0 Å². The molecule has 0 aliphatic carbocycles. The van der Waals surface area contributed by atoms with Crippen molar-refractivity contribution in [3.05, 3.63) is 53.1 Å². The van der Waals surface area contributed by atoms with Gasteiger partial charge in [0.2, 0.25) is 0 Å². The zero-order valence-corrected chi connectivity index (χ0v) is 15.7. The average Bonchev–Trinajstić information content (AvgIpc) is 3.29. The Labute approximate surface area is 159 Å². The number of anilines is 1. The van der Waals surface area contributed by atoms with E-state index in [0.29, 0.717) is 31.1 Å². The van der Waals surface area contributed by atoms with Crippen LogP contribution in [-0.2, 0) is 24.1 Å². The Morgan fingerprint density at radius 3 is 2.74 bits per heavy atom. The third-order valence-corrected chi connectivity index (χ3v) is 5.23. The number of carbonyl (C=O) groups is 1. The molecule has 6 nitrogen and oxygen atoms in total. The van der Waals surface area contributed by atoms with Gasteiger partial charge in [-0.2, -0.15) is 0 Å². The van der Waals surface area contributed by atoms with Crippen molar-refractivity contribution in [2.24, 2.45) is 0 Å². The van der Waals surface area contributed by atoms with Gasteiger partial charge < -0.3 is 19.5 Å². The summed E-state index contributed by atoms with van der Waals surface area (Å²) in [5, 5.41) is 3.39. The Kier molecular flexibility index (Phi) is 4.79. The van der Waals surface area contributed by atoms with Crippen molar-refractivity contribution in [3.63, 3.8) is 0 Å². The average molecular weight is 368 g/mol. The van der Waals surface area contributed by atoms with Crippen molar-refractivity contribution < 1.29 is 19.0 Å². The van der Waals surface area contributed by atoms with Crippen molar-refractivity contribution in [2.45, 2.75) is 25.4 Å². The van der Waals surface area contributed by atoms with Gasteiger partial charge in [-0.05, 0) is 47.7 Å². The third-order valence-electron chi connectivity index (χ3n) is 5.23. The molecule has 0 bridgehead atoms. The molecule has 2 heterocycles. The first kappa shape index (κ1) is 17.5. The zero-order valence-electron chi connectivity index (χ0n) is 15.7. The minimum atomic E-state index is -0.256. The van der Waals surface area contributed by atoms with Gasteiger partial charge in [-0.25, -0.2) is 4.79 Å². The number of nitrogens with zero attached hydrogens (tertiary/aromatic N) is 1. The van der Waals surface area contributed by atoms with E-state index in [0.717, 1.165) is 24.1 Å². The molecule has 1 amide bonds. The predicted molar refractivity (Wildman–Crippen MR) is 103 cm³/mol. The van der Waals surface area contributed by atoms with Crippen LogP contribution in [0, 0.1) is 0 Å². The lowest BCUT2D eigenvalue weighted by molar-refractivity contribution is 0.156. The van der Waals surface area contributed by atoms with Crippen LogP contribution in [0.15, 0.2) is 36.4 Å². The largest absolute Gasteiger partial charge is 0.493 e. The maximum absolute atomic E-state index is 12.3. The van der Waals surface area contributed by atoms with Crippen molar-refractivity contribution in [2.75, 3.05) is 32.7 Å². The fourth-order valence-electron chi connectivity index (χ4n) is 3.76. The number of benzene rings is 2. The summed E-state index contributed by atoms with van der Waals surface area (Å²) >= 11 is 0. The molecule has 2 aromatic carbocycles. The van der Waals surface area contributed by atoms with Gasteiger partial charge in [0.15, 0.2) is 11.5 Å². The molecule has 1 N–H and O–H groups in total. The summed E-state index contributed by atoms with van der Waals surface area (Å²) in [5.74, 6) is 1.39. The number of carbonyl (C=O) groups excluding carboxylic acids is 1. The van der Waals surface area contributed by atoms with Crippen LogP contribution in [0.3, 0.4) is 0 Å². The van der Waals surface area contributed by atoms with Crippen molar-refractivity contribution in [1.82, 2.24) is 4.90 Å². The Hall–Kier alpha value is -2.89. The molecule has 2 aliphatic rings. The van der Waals surface area contributed by atoms with E-state index in [2.05, 4.69) is 23.5 Å². The van der Waals surface area contributed by atoms with Crippen LogP contribution in [0.5, 0.6) is 11.5 Å². The molecular formula is C21H24N2O4. The number of fused-ring (bicyclic) bond motifs is 1. The van der Waals surface area contributed by atoms with Gasteiger partial charge in [0.05, 0.1) is 20.3 Å². The minimum absolute atomic E-state index is 0.00295. The van der Waals surface area contributed by atoms with E-state index in [1.165, 1.54) is 11.3 Å². The predicted octanol–water partition coefficient (Wildman–Crippen LogP) is 3.24. The second-order valence-corrected chi connectivity index (χ2v) is 6.92. The molecule has 1 fully saturated rings. The third kappa shape index (κ3) is 3.52. The summed E-state index contributed by atoms with van der Waals surface area (Å²) in [6.07, 6.45) is 1.51. The number of hydrogen-bond donors (Lipinski definition) is 1. The number of methoxy groups -OCH3 is 2. The van der Waals surface area contributed by atoms with E-state index in [4.69, 9.17) is 14.2 Å². The smallest absolute Gasteiger partial charge is 0.410 e. The van der Waals surface area contributed by atoms with Gasteiger partial charge in [0, 0.05) is 18.8 Å². The van der Waals surface area contributed by atoms with Crippen molar-refractivity contribution in [1.29, 1.82) is 0 Å². The summed E-state index contributed by atoms with van der Waals surface area (Å²) in [7, 11) is 3.24. The molecule has 6 heteroatoms. The molecule has 27 heavy (non-hydrogen) atoms. The topological polar surface area (TPSA) is 60.0 Å². The number of hydrogen-bond acceptors (Lipinski definition) is 5. The van der Waals surface area contributed by atoms with Crippen LogP contribution in [0.4, 0.5) is 10.5 Å². The highest BCUT2D eigenvalue weighted by Gasteiger charge is 2.33. The van der Waals surface area contributed by atoms with Gasteiger partial charge in [-0.3, -0.25) is 4.90 Å². The maximum Gasteiger partial charge on any atom is 0.410 e. The summed E-state index contributed by atoms with van der Waals surface area (Å²) in [5.41, 5.74) is 4.71. The summed E-state index contributed by atoms with van der Waals surface area (Å²) in [6.45, 7) is 1.93. The fourth-order valence-corrected chi connectivity index (χ4v) is 3.76. The molecule has 0 radical (unpaired) electrons. The van der Waals surface area contributed by atoms with Crippen molar-refractivity contribution in [3.8, 4) is 11.5 Å². The standard InChI is InChI=1S/C21H24N2O4/c1-25-19-6-4-14(11-20(19)26-2)9-17-13-27-21(24)23(17)12-15-3-5-16-7-8-22-18(16)10-15/h3-6,10-11,17,22H,7-9,12-13H2,1-2H3. The normalized spacial score (nSPS) is 18.1. The Morgan fingerprint density at radius 1 is 1.11 bits per heavy atom. The van der Waals surface area contributed by atoms with Gasteiger partial charge in [-0.1, -0.05) is 18.2 Å². The molecule has 0 saturated carbocycles. The van der Waals surface area contributed by atoms with Crippen LogP contribution in [-0.4, -0.2) is 44.4 Å². The lowest BCUT2D eigenvalue weighted by atomic mass is 10.0. The minimum Gasteiger partial charge on any atom is -0.493 e. The molecule has 1 saturated heterocycles. The Morgan fingerprint density at radius 2 is 1.93 bits per heavy atom. The lowest BCUT2D eigenvalue weighted by Gasteiger charge is -2.22.